The maximum atomic E-state index is 5.26. The van der Waals surface area contributed by atoms with Crippen LogP contribution in [-0.2, 0) is 4.74 Å². The Hall–Kier alpha value is -0.340. The Labute approximate surface area is 76.0 Å². The minimum Gasteiger partial charge on any atom is -0.377 e. The van der Waals surface area contributed by atoms with Crippen LogP contribution < -0.4 is 5.32 Å². The van der Waals surface area contributed by atoms with Crippen molar-refractivity contribution in [3.63, 3.8) is 0 Å². The van der Waals surface area contributed by atoms with Crippen molar-refractivity contribution in [1.82, 2.24) is 5.32 Å². The van der Waals surface area contributed by atoms with Gasteiger partial charge in [0.25, 0.3) is 0 Å². The molecule has 0 bridgehead atoms. The van der Waals surface area contributed by atoms with E-state index in [9.17, 15) is 0 Å². The number of ether oxygens (including phenoxy) is 1. The number of hydrogen-bond donors (Lipinski definition) is 1. The molecule has 0 atom stereocenters. The normalized spacial score (nSPS) is 11.7. The van der Waals surface area contributed by atoms with E-state index in [0.29, 0.717) is 0 Å². The van der Waals surface area contributed by atoms with Gasteiger partial charge < -0.3 is 10.1 Å². The van der Waals surface area contributed by atoms with Crippen LogP contribution >= 0.6 is 0 Å². The van der Waals surface area contributed by atoms with Gasteiger partial charge in [-0.15, -0.1) is 6.58 Å². The Morgan fingerprint density at radius 1 is 1.50 bits per heavy atom. The highest BCUT2D eigenvalue weighted by molar-refractivity contribution is 4.88. The second-order valence-electron chi connectivity index (χ2n) is 3.85. The third kappa shape index (κ3) is 6.38. The summed E-state index contributed by atoms with van der Waals surface area (Å²) >= 11 is 0. The van der Waals surface area contributed by atoms with Crippen LogP contribution in [0.5, 0.6) is 0 Å². The Morgan fingerprint density at radius 2 is 2.08 bits per heavy atom. The van der Waals surface area contributed by atoms with Crippen molar-refractivity contribution in [1.29, 1.82) is 0 Å². The Morgan fingerprint density at radius 3 is 2.50 bits per heavy atom. The van der Waals surface area contributed by atoms with Crippen molar-refractivity contribution < 1.29 is 4.74 Å². The molecular formula is C10H21NO. The Balaban J connectivity index is 3.37. The minimum atomic E-state index is -0.0604. The van der Waals surface area contributed by atoms with Gasteiger partial charge in [-0.05, 0) is 33.7 Å². The molecule has 0 saturated carbocycles. The molecule has 0 spiro atoms. The molecule has 2 heteroatoms. The van der Waals surface area contributed by atoms with Gasteiger partial charge in [0.15, 0.2) is 0 Å². The van der Waals surface area contributed by atoms with Crippen molar-refractivity contribution in [3.8, 4) is 0 Å². The molecule has 0 amide bonds. The zero-order valence-corrected chi connectivity index (χ0v) is 8.74. The van der Waals surface area contributed by atoms with Crippen LogP contribution in [0.2, 0.25) is 0 Å². The second kappa shape index (κ2) is 5.33. The summed E-state index contributed by atoms with van der Waals surface area (Å²) < 4.78 is 5.26. The zero-order chi connectivity index (χ0) is 9.61. The van der Waals surface area contributed by atoms with E-state index in [1.807, 2.05) is 6.92 Å². The van der Waals surface area contributed by atoms with Crippen LogP contribution in [0.3, 0.4) is 0 Å². The van der Waals surface area contributed by atoms with Crippen LogP contribution in [0.15, 0.2) is 12.2 Å². The van der Waals surface area contributed by atoms with Crippen LogP contribution in [0.4, 0.5) is 0 Å². The first-order chi connectivity index (χ1) is 5.48. The predicted molar refractivity (Wildman–Crippen MR) is 53.4 cm³/mol. The lowest BCUT2D eigenvalue weighted by molar-refractivity contribution is 0.0235. The van der Waals surface area contributed by atoms with Crippen LogP contribution in [0.25, 0.3) is 0 Å². The Kier molecular flexibility index (Phi) is 5.18. The molecule has 1 N–H and O–H groups in total. The fourth-order valence-corrected chi connectivity index (χ4v) is 0.763. The van der Waals surface area contributed by atoms with Crippen molar-refractivity contribution in [2.24, 2.45) is 0 Å². The van der Waals surface area contributed by atoms with Crippen LogP contribution in [0, 0.1) is 0 Å². The van der Waals surface area contributed by atoms with Gasteiger partial charge in [-0.2, -0.15) is 0 Å². The third-order valence-corrected chi connectivity index (χ3v) is 1.83. The number of methoxy groups -OCH3 is 1. The maximum absolute atomic E-state index is 5.26. The molecule has 0 aromatic carbocycles. The lowest BCUT2D eigenvalue weighted by atomic mass is 10.1. The first-order valence-electron chi connectivity index (χ1n) is 4.38. The van der Waals surface area contributed by atoms with Gasteiger partial charge in [0.1, 0.15) is 0 Å². The van der Waals surface area contributed by atoms with Gasteiger partial charge in [-0.3, -0.25) is 0 Å². The number of rotatable bonds is 6. The van der Waals surface area contributed by atoms with Crippen LogP contribution in [-0.4, -0.2) is 25.8 Å². The molecule has 0 aliphatic carbocycles. The first-order valence-corrected chi connectivity index (χ1v) is 4.38. The average Bonchev–Trinajstić information content (AvgIpc) is 1.98. The molecule has 0 aromatic rings. The fraction of sp³-hybridized carbons (Fsp3) is 0.800. The average molecular weight is 171 g/mol. The third-order valence-electron chi connectivity index (χ3n) is 1.83. The largest absolute Gasteiger partial charge is 0.377 e. The van der Waals surface area contributed by atoms with Crippen molar-refractivity contribution in [2.45, 2.75) is 32.8 Å². The second-order valence-corrected chi connectivity index (χ2v) is 3.85. The number of hydrogen-bond acceptors (Lipinski definition) is 2. The molecule has 0 heterocycles. The summed E-state index contributed by atoms with van der Waals surface area (Å²) in [4.78, 5) is 0. The highest BCUT2D eigenvalue weighted by Crippen LogP contribution is 2.04. The van der Waals surface area contributed by atoms with E-state index in [2.05, 4.69) is 25.7 Å². The van der Waals surface area contributed by atoms with Gasteiger partial charge in [-0.25, -0.2) is 0 Å². The van der Waals surface area contributed by atoms with E-state index in [0.717, 1.165) is 19.5 Å². The van der Waals surface area contributed by atoms with Gasteiger partial charge in [0.2, 0.25) is 0 Å². The summed E-state index contributed by atoms with van der Waals surface area (Å²) in [6, 6.07) is 0. The molecule has 72 valence electrons. The molecule has 0 rings (SSSR count). The molecule has 0 aromatic heterocycles. The molecule has 12 heavy (non-hydrogen) atoms. The standard InChI is InChI=1S/C10H21NO/c1-9(2)6-7-11-8-10(3,4)12-5/h11H,1,6-8H2,2-5H3. The van der Waals surface area contributed by atoms with E-state index in [-0.39, 0.29) is 5.60 Å². The highest BCUT2D eigenvalue weighted by Gasteiger charge is 2.14. The first kappa shape index (κ1) is 11.7. The van der Waals surface area contributed by atoms with Crippen molar-refractivity contribution in [3.05, 3.63) is 12.2 Å². The minimum absolute atomic E-state index is 0.0604. The molecule has 0 radical (unpaired) electrons. The molecule has 0 saturated heterocycles. The smallest absolute Gasteiger partial charge is 0.0746 e. The molecule has 0 aliphatic rings. The van der Waals surface area contributed by atoms with E-state index >= 15 is 0 Å². The lowest BCUT2D eigenvalue weighted by Gasteiger charge is -2.23. The van der Waals surface area contributed by atoms with E-state index in [1.54, 1.807) is 7.11 Å². The maximum Gasteiger partial charge on any atom is 0.0746 e. The summed E-state index contributed by atoms with van der Waals surface area (Å²) in [6.07, 6.45) is 1.04. The van der Waals surface area contributed by atoms with E-state index in [4.69, 9.17) is 4.74 Å². The summed E-state index contributed by atoms with van der Waals surface area (Å²) in [5, 5.41) is 3.32. The molecule has 0 unspecified atom stereocenters. The quantitative estimate of drug-likeness (QED) is 0.487. The summed E-state index contributed by atoms with van der Waals surface area (Å²) in [5.74, 6) is 0. The highest BCUT2D eigenvalue weighted by atomic mass is 16.5. The lowest BCUT2D eigenvalue weighted by Crippen LogP contribution is -2.37. The summed E-state index contributed by atoms with van der Waals surface area (Å²) in [7, 11) is 1.74. The van der Waals surface area contributed by atoms with Gasteiger partial charge in [0, 0.05) is 13.7 Å². The van der Waals surface area contributed by atoms with Crippen molar-refractivity contribution in [2.75, 3.05) is 20.2 Å². The Bertz CT molecular complexity index is 141. The molecule has 0 aliphatic heterocycles. The molecular weight excluding hydrogens is 150 g/mol. The van der Waals surface area contributed by atoms with Crippen molar-refractivity contribution >= 4 is 0 Å². The van der Waals surface area contributed by atoms with E-state index in [1.165, 1.54) is 5.57 Å². The van der Waals surface area contributed by atoms with Gasteiger partial charge in [-0.1, -0.05) is 5.57 Å². The SMILES string of the molecule is C=C(C)CCNCC(C)(C)OC. The van der Waals surface area contributed by atoms with Crippen LogP contribution in [0.1, 0.15) is 27.2 Å². The summed E-state index contributed by atoms with van der Waals surface area (Å²) in [5.41, 5.74) is 1.16. The molecule has 0 fully saturated rings. The van der Waals surface area contributed by atoms with E-state index < -0.39 is 0 Å². The summed E-state index contributed by atoms with van der Waals surface area (Å²) in [6.45, 7) is 11.9. The van der Waals surface area contributed by atoms with Gasteiger partial charge in [0.05, 0.1) is 5.60 Å². The topological polar surface area (TPSA) is 21.3 Å². The monoisotopic (exact) mass is 171 g/mol. The predicted octanol–water partition coefficient (Wildman–Crippen LogP) is 1.97. The van der Waals surface area contributed by atoms with Gasteiger partial charge >= 0.3 is 0 Å². The fourth-order valence-electron chi connectivity index (χ4n) is 0.763. The zero-order valence-electron chi connectivity index (χ0n) is 8.74. The number of nitrogens with one attached hydrogen (secondary N) is 1. The molecule has 2 nitrogen and oxygen atoms in total.